The van der Waals surface area contributed by atoms with E-state index in [9.17, 15) is 14.7 Å². The molecule has 3 rings (SSSR count). The highest BCUT2D eigenvalue weighted by atomic mass is 32.1. The van der Waals surface area contributed by atoms with Crippen molar-refractivity contribution in [2.45, 2.75) is 19.3 Å². The summed E-state index contributed by atoms with van der Waals surface area (Å²) >= 11 is 1.69. The van der Waals surface area contributed by atoms with Crippen molar-refractivity contribution in [2.75, 3.05) is 10.6 Å². The van der Waals surface area contributed by atoms with Crippen molar-refractivity contribution in [1.29, 1.82) is 0 Å². The lowest BCUT2D eigenvalue weighted by atomic mass is 10.1. The quantitative estimate of drug-likeness (QED) is 0.575. The van der Waals surface area contributed by atoms with Gasteiger partial charge in [-0.2, -0.15) is 0 Å². The van der Waals surface area contributed by atoms with Crippen LogP contribution < -0.4 is 10.6 Å². The third kappa shape index (κ3) is 5.39. The molecule has 0 bridgehead atoms. The monoisotopic (exact) mass is 381 g/mol. The number of aryl methyl sites for hydroxylation is 1. The molecule has 0 saturated carbocycles. The number of aromatic nitrogens is 1. The number of nitrogens with one attached hydrogen (secondary N) is 2. The Bertz CT molecular complexity index is 926. The average molecular weight is 381 g/mol. The maximum Gasteiger partial charge on any atom is 0.256 e. The zero-order chi connectivity index (χ0) is 19.1. The summed E-state index contributed by atoms with van der Waals surface area (Å²) in [5.41, 5.74) is 0.908. The van der Waals surface area contributed by atoms with Gasteiger partial charge in [-0.25, -0.2) is 4.98 Å². The number of thiophene rings is 1. The molecule has 2 amide bonds. The number of amides is 2. The first-order valence-electron chi connectivity index (χ1n) is 8.49. The molecular weight excluding hydrogens is 362 g/mol. The Kier molecular flexibility index (Phi) is 6.17. The largest absolute Gasteiger partial charge is 0.504 e. The molecule has 7 heteroatoms. The Labute approximate surface area is 160 Å². The highest BCUT2D eigenvalue weighted by Gasteiger charge is 2.11. The standard InChI is InChI=1S/C20H19N3O3S/c24-17-9-3-11-21-19(17)23-20(26)14-5-1-6-15(13-14)22-18(25)10-2-7-16-8-4-12-27-16/h1,3-6,8-9,11-13,24H,2,7,10H2,(H,22,25)(H,21,23,26). The second-order valence-electron chi connectivity index (χ2n) is 5.89. The Morgan fingerprint density at radius 3 is 2.74 bits per heavy atom. The molecule has 0 atom stereocenters. The third-order valence-electron chi connectivity index (χ3n) is 3.83. The molecule has 0 saturated heterocycles. The minimum atomic E-state index is -0.419. The zero-order valence-electron chi connectivity index (χ0n) is 14.5. The number of hydrogen-bond donors (Lipinski definition) is 3. The maximum atomic E-state index is 12.3. The predicted molar refractivity (Wildman–Crippen MR) is 106 cm³/mol. The van der Waals surface area contributed by atoms with Gasteiger partial charge in [-0.15, -0.1) is 11.3 Å². The lowest BCUT2D eigenvalue weighted by molar-refractivity contribution is -0.116. The number of rotatable bonds is 7. The highest BCUT2D eigenvalue weighted by molar-refractivity contribution is 7.09. The number of carbonyl (C=O) groups is 2. The number of anilines is 2. The minimum Gasteiger partial charge on any atom is -0.504 e. The Hall–Kier alpha value is -3.19. The van der Waals surface area contributed by atoms with Gasteiger partial charge in [0.2, 0.25) is 5.91 Å². The second kappa shape index (κ2) is 8.95. The Morgan fingerprint density at radius 1 is 1.07 bits per heavy atom. The van der Waals surface area contributed by atoms with Gasteiger partial charge in [-0.3, -0.25) is 9.59 Å². The van der Waals surface area contributed by atoms with Gasteiger partial charge >= 0.3 is 0 Å². The van der Waals surface area contributed by atoms with Crippen LogP contribution in [0.5, 0.6) is 5.75 Å². The summed E-state index contributed by atoms with van der Waals surface area (Å²) in [4.78, 5) is 29.6. The van der Waals surface area contributed by atoms with Crippen LogP contribution in [0.4, 0.5) is 11.5 Å². The molecule has 0 fully saturated rings. The van der Waals surface area contributed by atoms with Crippen LogP contribution in [0.3, 0.4) is 0 Å². The fraction of sp³-hybridized carbons (Fsp3) is 0.150. The molecule has 3 aromatic rings. The van der Waals surface area contributed by atoms with E-state index in [0.29, 0.717) is 17.7 Å². The van der Waals surface area contributed by atoms with E-state index in [1.54, 1.807) is 41.7 Å². The van der Waals surface area contributed by atoms with Crippen molar-refractivity contribution in [3.63, 3.8) is 0 Å². The first-order valence-corrected chi connectivity index (χ1v) is 9.37. The van der Waals surface area contributed by atoms with Gasteiger partial charge in [0.05, 0.1) is 0 Å². The van der Waals surface area contributed by atoms with Crippen LogP contribution in [-0.4, -0.2) is 21.9 Å². The molecule has 3 N–H and O–H groups in total. The SMILES string of the molecule is O=C(CCCc1cccs1)Nc1cccc(C(=O)Nc2ncccc2O)c1. The molecule has 6 nitrogen and oxygen atoms in total. The Morgan fingerprint density at radius 2 is 1.96 bits per heavy atom. The summed E-state index contributed by atoms with van der Waals surface area (Å²) in [5, 5.41) is 17.1. The minimum absolute atomic E-state index is 0.0884. The van der Waals surface area contributed by atoms with Gasteiger partial charge in [0.1, 0.15) is 0 Å². The van der Waals surface area contributed by atoms with Crippen molar-refractivity contribution in [2.24, 2.45) is 0 Å². The molecular formula is C20H19N3O3S. The van der Waals surface area contributed by atoms with Crippen molar-refractivity contribution < 1.29 is 14.7 Å². The number of benzene rings is 1. The second-order valence-corrected chi connectivity index (χ2v) is 6.92. The van der Waals surface area contributed by atoms with Crippen molar-refractivity contribution >= 4 is 34.7 Å². The number of aromatic hydroxyl groups is 1. The van der Waals surface area contributed by atoms with E-state index >= 15 is 0 Å². The molecule has 0 unspecified atom stereocenters. The van der Waals surface area contributed by atoms with Crippen molar-refractivity contribution in [3.8, 4) is 5.75 Å². The van der Waals surface area contributed by atoms with Crippen LogP contribution in [0, 0.1) is 0 Å². The van der Waals surface area contributed by atoms with E-state index in [1.807, 2.05) is 11.4 Å². The van der Waals surface area contributed by atoms with E-state index < -0.39 is 5.91 Å². The molecule has 0 aliphatic carbocycles. The fourth-order valence-electron chi connectivity index (χ4n) is 2.51. The van der Waals surface area contributed by atoms with E-state index in [-0.39, 0.29) is 17.5 Å². The summed E-state index contributed by atoms with van der Waals surface area (Å²) in [6.07, 6.45) is 3.53. The molecule has 138 valence electrons. The maximum absolute atomic E-state index is 12.3. The normalized spacial score (nSPS) is 10.4. The van der Waals surface area contributed by atoms with Crippen LogP contribution in [0.25, 0.3) is 0 Å². The molecule has 2 aromatic heterocycles. The van der Waals surface area contributed by atoms with Crippen LogP contribution in [0.2, 0.25) is 0 Å². The summed E-state index contributed by atoms with van der Waals surface area (Å²) in [7, 11) is 0. The van der Waals surface area contributed by atoms with Gasteiger partial charge in [0.25, 0.3) is 5.91 Å². The van der Waals surface area contributed by atoms with E-state index in [2.05, 4.69) is 21.7 Å². The molecule has 0 aliphatic rings. The fourth-order valence-corrected chi connectivity index (χ4v) is 3.26. The number of hydrogen-bond acceptors (Lipinski definition) is 5. The topological polar surface area (TPSA) is 91.3 Å². The van der Waals surface area contributed by atoms with Crippen LogP contribution >= 0.6 is 11.3 Å². The zero-order valence-corrected chi connectivity index (χ0v) is 15.3. The predicted octanol–water partition coefficient (Wildman–Crippen LogP) is 4.06. The summed E-state index contributed by atoms with van der Waals surface area (Å²) in [6, 6.07) is 13.7. The lowest BCUT2D eigenvalue weighted by Gasteiger charge is -2.09. The highest BCUT2D eigenvalue weighted by Crippen LogP contribution is 2.20. The third-order valence-corrected chi connectivity index (χ3v) is 4.77. The number of carbonyl (C=O) groups excluding carboxylic acids is 2. The summed E-state index contributed by atoms with van der Waals surface area (Å²) in [6.45, 7) is 0. The Balaban J connectivity index is 1.55. The van der Waals surface area contributed by atoms with Crippen molar-refractivity contribution in [3.05, 3.63) is 70.5 Å². The van der Waals surface area contributed by atoms with Gasteiger partial charge in [-0.05, 0) is 54.6 Å². The van der Waals surface area contributed by atoms with Crippen LogP contribution in [-0.2, 0) is 11.2 Å². The molecule has 2 heterocycles. The average Bonchev–Trinajstić information content (AvgIpc) is 3.17. The number of pyridine rings is 1. The lowest BCUT2D eigenvalue weighted by Crippen LogP contribution is -2.15. The van der Waals surface area contributed by atoms with E-state index in [0.717, 1.165) is 12.8 Å². The molecule has 1 aromatic carbocycles. The van der Waals surface area contributed by atoms with Crippen LogP contribution in [0.15, 0.2) is 60.1 Å². The van der Waals surface area contributed by atoms with Gasteiger partial charge < -0.3 is 15.7 Å². The van der Waals surface area contributed by atoms with Gasteiger partial charge in [0.15, 0.2) is 11.6 Å². The van der Waals surface area contributed by atoms with Gasteiger partial charge in [0, 0.05) is 28.7 Å². The van der Waals surface area contributed by atoms with Crippen molar-refractivity contribution in [1.82, 2.24) is 4.98 Å². The van der Waals surface area contributed by atoms with Crippen LogP contribution in [0.1, 0.15) is 28.1 Å². The first-order chi connectivity index (χ1) is 13.1. The van der Waals surface area contributed by atoms with E-state index in [1.165, 1.54) is 17.1 Å². The molecule has 0 radical (unpaired) electrons. The number of nitrogens with zero attached hydrogens (tertiary/aromatic N) is 1. The molecule has 0 aliphatic heterocycles. The summed E-state index contributed by atoms with van der Waals surface area (Å²) < 4.78 is 0. The van der Waals surface area contributed by atoms with E-state index in [4.69, 9.17) is 0 Å². The first kappa shape index (κ1) is 18.6. The molecule has 0 spiro atoms. The summed E-state index contributed by atoms with van der Waals surface area (Å²) in [5.74, 6) is -0.532. The smallest absolute Gasteiger partial charge is 0.256 e. The molecule has 27 heavy (non-hydrogen) atoms. The van der Waals surface area contributed by atoms with Gasteiger partial charge in [-0.1, -0.05) is 12.1 Å².